The fraction of sp³-hybridized carbons (Fsp3) is 0.250. The minimum absolute atomic E-state index is 0.784. The third-order valence-corrected chi connectivity index (χ3v) is 3.47. The van der Waals surface area contributed by atoms with Crippen molar-refractivity contribution in [2.75, 3.05) is 5.32 Å². The number of hydrogen-bond acceptors (Lipinski definition) is 3. The molecule has 5 nitrogen and oxygen atoms in total. The average Bonchev–Trinajstić information content (AvgIpc) is 3.17. The molecule has 0 unspecified atom stereocenters. The lowest BCUT2D eigenvalue weighted by atomic mass is 10.2. The van der Waals surface area contributed by atoms with Gasteiger partial charge >= 0.3 is 0 Å². The van der Waals surface area contributed by atoms with E-state index in [1.54, 1.807) is 6.20 Å². The molecular weight excluding hydrogens is 262 g/mol. The van der Waals surface area contributed by atoms with Crippen LogP contribution in [0.15, 0.2) is 55.2 Å². The van der Waals surface area contributed by atoms with Crippen molar-refractivity contribution in [1.29, 1.82) is 0 Å². The van der Waals surface area contributed by atoms with Gasteiger partial charge in [-0.25, -0.2) is 4.98 Å². The van der Waals surface area contributed by atoms with Crippen molar-refractivity contribution in [3.05, 3.63) is 66.5 Å². The highest BCUT2D eigenvalue weighted by Gasteiger charge is 2.01. The first kappa shape index (κ1) is 13.4. The summed E-state index contributed by atoms with van der Waals surface area (Å²) in [5.74, 6) is 0. The van der Waals surface area contributed by atoms with Crippen molar-refractivity contribution < 1.29 is 0 Å². The molecule has 108 valence electrons. The van der Waals surface area contributed by atoms with Gasteiger partial charge in [-0.15, -0.1) is 0 Å². The molecule has 0 fully saturated rings. The van der Waals surface area contributed by atoms with E-state index in [2.05, 4.69) is 51.2 Å². The van der Waals surface area contributed by atoms with E-state index in [1.165, 1.54) is 11.3 Å². The van der Waals surface area contributed by atoms with Crippen LogP contribution in [0.2, 0.25) is 0 Å². The molecule has 0 saturated carbocycles. The minimum atomic E-state index is 0.784. The molecule has 0 radical (unpaired) electrons. The van der Waals surface area contributed by atoms with Crippen molar-refractivity contribution >= 4 is 5.69 Å². The Morgan fingerprint density at radius 1 is 1.19 bits per heavy atom. The molecule has 0 saturated heterocycles. The van der Waals surface area contributed by atoms with Crippen molar-refractivity contribution in [3.8, 4) is 0 Å². The molecule has 0 bridgehead atoms. The topological polar surface area (TPSA) is 47.7 Å². The van der Waals surface area contributed by atoms with Gasteiger partial charge in [0.25, 0.3) is 0 Å². The molecule has 3 aromatic rings. The van der Waals surface area contributed by atoms with Crippen molar-refractivity contribution in [2.45, 2.75) is 26.6 Å². The Morgan fingerprint density at radius 3 is 2.76 bits per heavy atom. The van der Waals surface area contributed by atoms with Gasteiger partial charge in [0.15, 0.2) is 0 Å². The first-order chi connectivity index (χ1) is 10.3. The molecule has 21 heavy (non-hydrogen) atoms. The summed E-state index contributed by atoms with van der Waals surface area (Å²) >= 11 is 0. The molecule has 0 aliphatic carbocycles. The van der Waals surface area contributed by atoms with Crippen LogP contribution in [0, 0.1) is 0 Å². The van der Waals surface area contributed by atoms with Crippen LogP contribution in [-0.4, -0.2) is 19.3 Å². The molecule has 3 rings (SSSR count). The van der Waals surface area contributed by atoms with E-state index in [0.717, 1.165) is 25.3 Å². The van der Waals surface area contributed by atoms with Crippen LogP contribution in [0.4, 0.5) is 5.69 Å². The number of aromatic nitrogens is 4. The molecular formula is C16H19N5. The second-order valence-electron chi connectivity index (χ2n) is 4.93. The lowest BCUT2D eigenvalue weighted by molar-refractivity contribution is 0.687. The lowest BCUT2D eigenvalue weighted by Gasteiger charge is -2.09. The predicted molar refractivity (Wildman–Crippen MR) is 83.0 cm³/mol. The quantitative estimate of drug-likeness (QED) is 0.756. The summed E-state index contributed by atoms with van der Waals surface area (Å²) in [4.78, 5) is 4.17. The zero-order valence-electron chi connectivity index (χ0n) is 12.1. The summed E-state index contributed by atoms with van der Waals surface area (Å²) < 4.78 is 4.06. The van der Waals surface area contributed by atoms with Crippen molar-refractivity contribution in [1.82, 2.24) is 19.3 Å². The van der Waals surface area contributed by atoms with Crippen molar-refractivity contribution in [3.63, 3.8) is 0 Å². The zero-order chi connectivity index (χ0) is 14.5. The maximum absolute atomic E-state index is 4.21. The van der Waals surface area contributed by atoms with Crippen LogP contribution in [0.5, 0.6) is 0 Å². The largest absolute Gasteiger partial charge is 0.379 e. The monoisotopic (exact) mass is 281 g/mol. The number of nitrogens with one attached hydrogen (secondary N) is 1. The van der Waals surface area contributed by atoms with Gasteiger partial charge < -0.3 is 9.88 Å². The SMILES string of the molecule is CCn1cncc1CNc1ccc(Cn2cccn2)cc1. The van der Waals surface area contributed by atoms with E-state index < -0.39 is 0 Å². The van der Waals surface area contributed by atoms with E-state index in [9.17, 15) is 0 Å². The van der Waals surface area contributed by atoms with E-state index in [1.807, 2.05) is 29.5 Å². The Bertz CT molecular complexity index is 667. The first-order valence-electron chi connectivity index (χ1n) is 7.14. The second kappa shape index (κ2) is 6.26. The normalized spacial score (nSPS) is 10.7. The number of nitrogens with zero attached hydrogens (tertiary/aromatic N) is 4. The molecule has 2 aromatic heterocycles. The Labute approximate surface area is 124 Å². The summed E-state index contributed by atoms with van der Waals surface area (Å²) in [6.07, 6.45) is 7.54. The van der Waals surface area contributed by atoms with Crippen LogP contribution < -0.4 is 5.32 Å². The standard InChI is InChI=1S/C16H19N5/c1-2-20-13-17-10-16(20)11-18-15-6-4-14(5-7-15)12-21-9-3-8-19-21/h3-10,13,18H,2,11-12H2,1H3. The summed E-state index contributed by atoms with van der Waals surface area (Å²) in [6, 6.07) is 10.4. The maximum Gasteiger partial charge on any atom is 0.0948 e. The number of hydrogen-bond donors (Lipinski definition) is 1. The van der Waals surface area contributed by atoms with Crippen LogP contribution in [0.25, 0.3) is 0 Å². The third-order valence-electron chi connectivity index (χ3n) is 3.47. The summed E-state index contributed by atoms with van der Waals surface area (Å²) in [5.41, 5.74) is 3.55. The molecule has 0 aliphatic rings. The highest BCUT2D eigenvalue weighted by molar-refractivity contribution is 5.44. The Kier molecular flexibility index (Phi) is 4.00. The highest BCUT2D eigenvalue weighted by Crippen LogP contribution is 2.12. The fourth-order valence-electron chi connectivity index (χ4n) is 2.28. The second-order valence-corrected chi connectivity index (χ2v) is 4.93. The summed E-state index contributed by atoms with van der Waals surface area (Å²) in [6.45, 7) is 4.65. The van der Waals surface area contributed by atoms with E-state index >= 15 is 0 Å². The third kappa shape index (κ3) is 3.31. The van der Waals surface area contributed by atoms with Crippen LogP contribution in [0.3, 0.4) is 0 Å². The molecule has 0 atom stereocenters. The van der Waals surface area contributed by atoms with E-state index in [4.69, 9.17) is 0 Å². The Balaban J connectivity index is 1.59. The van der Waals surface area contributed by atoms with Gasteiger partial charge in [-0.3, -0.25) is 4.68 Å². The number of imidazole rings is 1. The molecule has 2 heterocycles. The van der Waals surface area contributed by atoms with E-state index in [0.29, 0.717) is 0 Å². The Hall–Kier alpha value is -2.56. The Morgan fingerprint density at radius 2 is 2.05 bits per heavy atom. The average molecular weight is 281 g/mol. The molecule has 0 amide bonds. The lowest BCUT2D eigenvalue weighted by Crippen LogP contribution is -2.06. The fourth-order valence-corrected chi connectivity index (χ4v) is 2.28. The molecule has 5 heteroatoms. The summed E-state index contributed by atoms with van der Waals surface area (Å²) in [7, 11) is 0. The number of anilines is 1. The van der Waals surface area contributed by atoms with Gasteiger partial charge in [0, 0.05) is 30.8 Å². The molecule has 0 spiro atoms. The van der Waals surface area contributed by atoms with Crippen molar-refractivity contribution in [2.24, 2.45) is 0 Å². The van der Waals surface area contributed by atoms with Gasteiger partial charge in [-0.1, -0.05) is 12.1 Å². The summed E-state index contributed by atoms with van der Waals surface area (Å²) in [5, 5.41) is 7.64. The molecule has 1 N–H and O–H groups in total. The highest BCUT2D eigenvalue weighted by atomic mass is 15.3. The maximum atomic E-state index is 4.21. The smallest absolute Gasteiger partial charge is 0.0948 e. The van der Waals surface area contributed by atoms with E-state index in [-0.39, 0.29) is 0 Å². The van der Waals surface area contributed by atoms with Gasteiger partial charge in [-0.05, 0) is 30.7 Å². The number of benzene rings is 1. The first-order valence-corrected chi connectivity index (χ1v) is 7.14. The van der Waals surface area contributed by atoms with Crippen LogP contribution >= 0.6 is 0 Å². The van der Waals surface area contributed by atoms with Gasteiger partial charge in [0.05, 0.1) is 25.1 Å². The predicted octanol–water partition coefficient (Wildman–Crippen LogP) is 2.76. The van der Waals surface area contributed by atoms with Gasteiger partial charge in [0.2, 0.25) is 0 Å². The van der Waals surface area contributed by atoms with Crippen LogP contribution in [-0.2, 0) is 19.6 Å². The van der Waals surface area contributed by atoms with Gasteiger partial charge in [-0.2, -0.15) is 5.10 Å². The van der Waals surface area contributed by atoms with Crippen LogP contribution in [0.1, 0.15) is 18.2 Å². The number of rotatable bonds is 6. The molecule has 1 aromatic carbocycles. The van der Waals surface area contributed by atoms with Gasteiger partial charge in [0.1, 0.15) is 0 Å². The minimum Gasteiger partial charge on any atom is -0.379 e. The molecule has 0 aliphatic heterocycles. The number of aryl methyl sites for hydroxylation is 1. The zero-order valence-corrected chi connectivity index (χ0v) is 12.1.